The zero-order valence-corrected chi connectivity index (χ0v) is 19.7. The summed E-state index contributed by atoms with van der Waals surface area (Å²) < 4.78 is 170. The van der Waals surface area contributed by atoms with Gasteiger partial charge in [-0.05, 0) is 12.8 Å². The second-order valence-corrected chi connectivity index (χ2v) is 7.45. The van der Waals surface area contributed by atoms with Crippen LogP contribution in [0.25, 0.3) is 0 Å². The van der Waals surface area contributed by atoms with Gasteiger partial charge in [-0.1, -0.05) is 26.2 Å². The molecule has 0 saturated heterocycles. The second-order valence-electron chi connectivity index (χ2n) is 7.45. The predicted molar refractivity (Wildman–Crippen MR) is 90.0 cm³/mol. The standard InChI is InChI=1S/C18H21F13N2.HI/c1-2-3-4-5-8-32-10-11-33(12-32)9-6-7-13(19,20)14(21,22)15(23,24)16(25,26)17(27,28)18(29,30)31;/h10-11H,2-9H2,1H3;1H/q+1;/p-1. The van der Waals surface area contributed by atoms with Gasteiger partial charge in [0.1, 0.15) is 0 Å². The molecule has 0 spiro atoms. The third kappa shape index (κ3) is 6.42. The van der Waals surface area contributed by atoms with Gasteiger partial charge < -0.3 is 24.0 Å². The lowest BCUT2D eigenvalue weighted by Gasteiger charge is -2.39. The second kappa shape index (κ2) is 11.4. The first-order valence-electron chi connectivity index (χ1n) is 9.70. The lowest BCUT2D eigenvalue weighted by Crippen LogP contribution is -3.00. The molecule has 0 fully saturated rings. The summed E-state index contributed by atoms with van der Waals surface area (Å²) in [4.78, 5) is 2.58. The molecule has 2 nitrogen and oxygen atoms in total. The molecule has 0 N–H and O–H groups in total. The molecule has 0 aromatic rings. The van der Waals surface area contributed by atoms with Crippen molar-refractivity contribution in [3.05, 3.63) is 19.1 Å². The van der Waals surface area contributed by atoms with Crippen molar-refractivity contribution in [1.29, 1.82) is 0 Å². The van der Waals surface area contributed by atoms with Crippen molar-refractivity contribution in [3.63, 3.8) is 0 Å². The minimum atomic E-state index is -7.86. The molecule has 0 aliphatic carbocycles. The first kappa shape index (κ1) is 33.0. The van der Waals surface area contributed by atoms with Gasteiger partial charge in [0.15, 0.2) is 0 Å². The van der Waals surface area contributed by atoms with Gasteiger partial charge in [-0.15, -0.1) is 9.80 Å². The number of nitrogens with zero attached hydrogens (tertiary/aromatic N) is 2. The molecule has 34 heavy (non-hydrogen) atoms. The summed E-state index contributed by atoms with van der Waals surface area (Å²) >= 11 is 0. The highest BCUT2D eigenvalue weighted by atomic mass is 127. The van der Waals surface area contributed by atoms with E-state index in [1.807, 2.05) is 6.92 Å². The molecule has 16 heteroatoms. The van der Waals surface area contributed by atoms with E-state index in [1.54, 1.807) is 0 Å². The van der Waals surface area contributed by atoms with Crippen LogP contribution in [0.4, 0.5) is 57.1 Å². The van der Waals surface area contributed by atoms with Gasteiger partial charge in [0.2, 0.25) is 0 Å². The first-order valence-corrected chi connectivity index (χ1v) is 9.70. The Morgan fingerprint density at radius 1 is 0.588 bits per heavy atom. The van der Waals surface area contributed by atoms with E-state index in [4.69, 9.17) is 0 Å². The molecule has 0 unspecified atom stereocenters. The molecule has 1 radical (unpaired) electrons. The summed E-state index contributed by atoms with van der Waals surface area (Å²) in [7, 11) is 0. The normalized spacial score (nSPS) is 16.1. The quantitative estimate of drug-likeness (QED) is 0.129. The molecule has 1 aliphatic rings. The van der Waals surface area contributed by atoms with Crippen LogP contribution in [0.3, 0.4) is 0 Å². The summed E-state index contributed by atoms with van der Waals surface area (Å²) in [5, 5.41) is 0. The van der Waals surface area contributed by atoms with Gasteiger partial charge in [0.25, 0.3) is 0 Å². The van der Waals surface area contributed by atoms with E-state index in [9.17, 15) is 57.1 Å². The number of rotatable bonds is 13. The minimum absolute atomic E-state index is 0. The number of hydrogen-bond acceptors (Lipinski definition) is 2. The van der Waals surface area contributed by atoms with Crippen molar-refractivity contribution < 1.29 is 81.1 Å². The summed E-state index contributed by atoms with van der Waals surface area (Å²) in [6, 6.07) is 0. The van der Waals surface area contributed by atoms with E-state index in [1.165, 1.54) is 17.3 Å². The first-order chi connectivity index (χ1) is 14.8. The number of hydrogen-bond donors (Lipinski definition) is 0. The van der Waals surface area contributed by atoms with Crippen LogP contribution >= 0.6 is 0 Å². The monoisotopic (exact) mass is 639 g/mol. The van der Waals surface area contributed by atoms with E-state index >= 15 is 0 Å². The summed E-state index contributed by atoms with van der Waals surface area (Å²) in [6.07, 6.45) is -4.34. The van der Waals surface area contributed by atoms with E-state index in [0.717, 1.165) is 30.6 Å². The average molecular weight is 639 g/mol. The van der Waals surface area contributed by atoms with Gasteiger partial charge in [0.05, 0.1) is 25.5 Å². The predicted octanol–water partition coefficient (Wildman–Crippen LogP) is 4.17. The van der Waals surface area contributed by atoms with Crippen LogP contribution in [0.15, 0.2) is 12.4 Å². The Hall–Kier alpha value is -0.970. The smallest absolute Gasteiger partial charge is 0.564 e. The third-order valence-electron chi connectivity index (χ3n) is 4.82. The van der Waals surface area contributed by atoms with Crippen LogP contribution in [-0.2, 0) is 0 Å². The molecule has 0 atom stereocenters. The van der Waals surface area contributed by atoms with Gasteiger partial charge in [0, 0.05) is 6.42 Å². The molecule has 0 aromatic heterocycles. The van der Waals surface area contributed by atoms with E-state index in [2.05, 4.69) is 6.67 Å². The van der Waals surface area contributed by atoms with Crippen molar-refractivity contribution in [1.82, 2.24) is 9.80 Å². The van der Waals surface area contributed by atoms with Crippen LogP contribution in [0.1, 0.15) is 45.4 Å². The fraction of sp³-hybridized carbons (Fsp3) is 0.833. The Kier molecular flexibility index (Phi) is 11.1. The molecule has 0 aromatic carbocycles. The topological polar surface area (TPSA) is 6.48 Å². The molecule has 0 bridgehead atoms. The number of halogens is 14. The number of unbranched alkanes of at least 4 members (excludes halogenated alkanes) is 3. The van der Waals surface area contributed by atoms with Crippen molar-refractivity contribution >= 4 is 0 Å². The van der Waals surface area contributed by atoms with E-state index in [-0.39, 0.29) is 24.0 Å². The summed E-state index contributed by atoms with van der Waals surface area (Å²) in [5.41, 5.74) is 0. The maximum absolute atomic E-state index is 13.7. The highest BCUT2D eigenvalue weighted by Crippen LogP contribution is 2.60. The lowest BCUT2D eigenvalue weighted by atomic mass is 9.92. The SMILES string of the molecule is CCCCCCN1[C+]N(CCCC(F)(F)C(F)(F)C(F)(F)C(F)(F)C(F)(F)C(F)(F)F)C=C1.[I-]. The van der Waals surface area contributed by atoms with Crippen LogP contribution in [0, 0.1) is 6.67 Å². The Morgan fingerprint density at radius 2 is 1.03 bits per heavy atom. The average Bonchev–Trinajstić information content (AvgIpc) is 3.11. The third-order valence-corrected chi connectivity index (χ3v) is 4.82. The van der Waals surface area contributed by atoms with Crippen molar-refractivity contribution in [2.24, 2.45) is 0 Å². The Bertz CT molecular complexity index is 665. The summed E-state index contributed by atoms with van der Waals surface area (Å²) in [6.45, 7) is 4.56. The maximum atomic E-state index is 13.7. The van der Waals surface area contributed by atoms with Gasteiger partial charge >= 0.3 is 42.5 Å². The highest BCUT2D eigenvalue weighted by molar-refractivity contribution is 5.10. The van der Waals surface area contributed by atoms with Crippen LogP contribution in [0.5, 0.6) is 0 Å². The van der Waals surface area contributed by atoms with Crippen molar-refractivity contribution in [3.8, 4) is 0 Å². The van der Waals surface area contributed by atoms with Gasteiger partial charge in [-0.2, -0.15) is 57.1 Å². The Balaban J connectivity index is 0.0000109. The summed E-state index contributed by atoms with van der Waals surface area (Å²) in [5.74, 6) is -36.6. The molecular formula is C18H21F13IN2. The molecule has 201 valence electrons. The van der Waals surface area contributed by atoms with Gasteiger partial charge in [-0.25, -0.2) is 0 Å². The fourth-order valence-corrected chi connectivity index (χ4v) is 2.78. The number of alkyl halides is 13. The van der Waals surface area contributed by atoms with Crippen LogP contribution < -0.4 is 24.0 Å². The van der Waals surface area contributed by atoms with Crippen molar-refractivity contribution in [2.75, 3.05) is 13.1 Å². The Morgan fingerprint density at radius 3 is 1.47 bits per heavy atom. The van der Waals surface area contributed by atoms with Crippen LogP contribution in [-0.4, -0.2) is 58.7 Å². The van der Waals surface area contributed by atoms with Gasteiger partial charge in [-0.3, -0.25) is 0 Å². The van der Waals surface area contributed by atoms with E-state index < -0.39 is 55.2 Å². The molecule has 1 aliphatic heterocycles. The molecule has 1 rings (SSSR count). The maximum Gasteiger partial charge on any atom is 0.564 e. The largest absolute Gasteiger partial charge is 1.00 e. The minimum Gasteiger partial charge on any atom is -1.00 e. The van der Waals surface area contributed by atoms with Crippen LogP contribution in [0.2, 0.25) is 0 Å². The molecular weight excluding hydrogens is 618 g/mol. The lowest BCUT2D eigenvalue weighted by molar-refractivity contribution is -0.440. The van der Waals surface area contributed by atoms with E-state index in [0.29, 0.717) is 6.54 Å². The Labute approximate surface area is 204 Å². The highest BCUT2D eigenvalue weighted by Gasteiger charge is 2.90. The molecule has 0 amide bonds. The zero-order chi connectivity index (χ0) is 25.9. The fourth-order valence-electron chi connectivity index (χ4n) is 2.78. The van der Waals surface area contributed by atoms with Crippen molar-refractivity contribution in [2.45, 2.75) is 81.2 Å². The molecule has 0 saturated carbocycles. The zero-order valence-electron chi connectivity index (χ0n) is 17.5. The molecule has 1 heterocycles.